The van der Waals surface area contributed by atoms with Gasteiger partial charge in [0.25, 0.3) is 0 Å². The summed E-state index contributed by atoms with van der Waals surface area (Å²) < 4.78 is 0. The van der Waals surface area contributed by atoms with Crippen molar-refractivity contribution in [1.29, 1.82) is 0 Å². The number of aromatic hydroxyl groups is 1. The van der Waals surface area contributed by atoms with Gasteiger partial charge in [-0.05, 0) is 42.5 Å². The molecule has 2 aliphatic rings. The van der Waals surface area contributed by atoms with Crippen molar-refractivity contribution in [2.45, 2.75) is 31.3 Å². The molecule has 6 nitrogen and oxygen atoms in total. The van der Waals surface area contributed by atoms with Crippen molar-refractivity contribution in [1.82, 2.24) is 4.90 Å². The van der Waals surface area contributed by atoms with Crippen LogP contribution in [0.25, 0.3) is 5.57 Å². The number of benzene rings is 1. The van der Waals surface area contributed by atoms with Gasteiger partial charge in [-0.1, -0.05) is 12.1 Å². The highest BCUT2D eigenvalue weighted by Gasteiger charge is 2.46. The van der Waals surface area contributed by atoms with Crippen molar-refractivity contribution < 1.29 is 24.9 Å². The SMILES string of the molecule is O=C(O)C1=C(c2ccc(O)cc2)C[C@@H]2CC[C@H]1N2C(=O)O. The van der Waals surface area contributed by atoms with Crippen LogP contribution in [0.2, 0.25) is 0 Å². The number of carboxylic acids is 1. The van der Waals surface area contributed by atoms with Crippen LogP contribution in [0.5, 0.6) is 5.75 Å². The fourth-order valence-electron chi connectivity index (χ4n) is 3.41. The van der Waals surface area contributed by atoms with Gasteiger partial charge in [-0.3, -0.25) is 4.90 Å². The number of hydrogen-bond acceptors (Lipinski definition) is 3. The number of amides is 1. The number of hydrogen-bond donors (Lipinski definition) is 3. The Morgan fingerprint density at radius 3 is 2.33 bits per heavy atom. The smallest absolute Gasteiger partial charge is 0.408 e. The van der Waals surface area contributed by atoms with Gasteiger partial charge in [0, 0.05) is 6.04 Å². The average Bonchev–Trinajstić information content (AvgIpc) is 2.73. The predicted molar refractivity (Wildman–Crippen MR) is 74.0 cm³/mol. The lowest BCUT2D eigenvalue weighted by Gasteiger charge is -2.34. The van der Waals surface area contributed by atoms with Gasteiger partial charge in [-0.15, -0.1) is 0 Å². The second-order valence-electron chi connectivity index (χ2n) is 5.39. The molecule has 2 bridgehead atoms. The van der Waals surface area contributed by atoms with Crippen molar-refractivity contribution in [2.75, 3.05) is 0 Å². The van der Waals surface area contributed by atoms with Crippen molar-refractivity contribution in [3.05, 3.63) is 35.4 Å². The number of phenols is 1. The summed E-state index contributed by atoms with van der Waals surface area (Å²) in [6, 6.07) is 5.61. The Morgan fingerprint density at radius 2 is 1.76 bits per heavy atom. The van der Waals surface area contributed by atoms with E-state index in [0.717, 1.165) is 5.56 Å². The molecule has 0 spiro atoms. The van der Waals surface area contributed by atoms with Crippen LogP contribution in [0.3, 0.4) is 0 Å². The lowest BCUT2D eigenvalue weighted by molar-refractivity contribution is -0.133. The molecule has 1 fully saturated rings. The lowest BCUT2D eigenvalue weighted by atomic mass is 9.88. The zero-order valence-corrected chi connectivity index (χ0v) is 11.2. The molecule has 3 rings (SSSR count). The van der Waals surface area contributed by atoms with Gasteiger partial charge in [0.2, 0.25) is 0 Å². The molecule has 2 atom stereocenters. The van der Waals surface area contributed by atoms with E-state index in [-0.39, 0.29) is 17.4 Å². The van der Waals surface area contributed by atoms with E-state index in [1.54, 1.807) is 12.1 Å². The van der Waals surface area contributed by atoms with E-state index in [4.69, 9.17) is 0 Å². The van der Waals surface area contributed by atoms with Crippen molar-refractivity contribution >= 4 is 17.6 Å². The highest BCUT2D eigenvalue weighted by atomic mass is 16.4. The Kier molecular flexibility index (Phi) is 3.08. The summed E-state index contributed by atoms with van der Waals surface area (Å²) in [4.78, 5) is 24.3. The molecule has 0 aromatic heterocycles. The minimum absolute atomic E-state index is 0.113. The summed E-state index contributed by atoms with van der Waals surface area (Å²) >= 11 is 0. The number of rotatable bonds is 2. The molecule has 1 aromatic carbocycles. The molecule has 0 unspecified atom stereocenters. The van der Waals surface area contributed by atoms with Gasteiger partial charge in [0.15, 0.2) is 0 Å². The molecular formula is C15H15NO5. The lowest BCUT2D eigenvalue weighted by Crippen LogP contribution is -2.45. The zero-order valence-electron chi connectivity index (χ0n) is 11.2. The Bertz CT molecular complexity index is 634. The molecule has 0 saturated carbocycles. The van der Waals surface area contributed by atoms with Gasteiger partial charge in [0.05, 0.1) is 11.6 Å². The Labute approximate surface area is 120 Å². The average molecular weight is 289 g/mol. The standard InChI is InChI=1S/C15H15NO5/c17-10-4-1-8(2-5-10)11-7-9-3-6-12(13(11)14(18)19)16(9)15(20)21/h1-2,4-5,9,12,17H,3,6-7H2,(H,18,19)(H,20,21)/t9-,12+/m0/s1. The maximum absolute atomic E-state index is 11.6. The summed E-state index contributed by atoms with van der Waals surface area (Å²) in [6.07, 6.45) is 0.552. The molecule has 110 valence electrons. The van der Waals surface area contributed by atoms with Crippen LogP contribution >= 0.6 is 0 Å². The van der Waals surface area contributed by atoms with E-state index in [0.29, 0.717) is 24.8 Å². The summed E-state index contributed by atoms with van der Waals surface area (Å²) in [5, 5.41) is 28.1. The second-order valence-corrected chi connectivity index (χ2v) is 5.39. The van der Waals surface area contributed by atoms with E-state index in [2.05, 4.69) is 0 Å². The Hall–Kier alpha value is -2.50. The number of fused-ring (bicyclic) bond motifs is 2. The van der Waals surface area contributed by atoms with Gasteiger partial charge in [0.1, 0.15) is 5.75 Å². The maximum atomic E-state index is 11.6. The first-order valence-corrected chi connectivity index (χ1v) is 6.76. The second kappa shape index (κ2) is 4.80. The van der Waals surface area contributed by atoms with E-state index < -0.39 is 18.1 Å². The van der Waals surface area contributed by atoms with Gasteiger partial charge >= 0.3 is 12.1 Å². The van der Waals surface area contributed by atoms with Crippen molar-refractivity contribution in [3.63, 3.8) is 0 Å². The van der Waals surface area contributed by atoms with Crippen LogP contribution in [0, 0.1) is 0 Å². The van der Waals surface area contributed by atoms with Crippen LogP contribution in [-0.4, -0.2) is 44.4 Å². The third-order valence-corrected chi connectivity index (χ3v) is 4.27. The minimum Gasteiger partial charge on any atom is -0.508 e. The number of nitrogens with zero attached hydrogens (tertiary/aromatic N) is 1. The fraction of sp³-hybridized carbons (Fsp3) is 0.333. The third-order valence-electron chi connectivity index (χ3n) is 4.27. The fourth-order valence-corrected chi connectivity index (χ4v) is 3.41. The zero-order chi connectivity index (χ0) is 15.1. The van der Waals surface area contributed by atoms with E-state index in [9.17, 15) is 24.9 Å². The molecule has 1 aromatic rings. The summed E-state index contributed by atoms with van der Waals surface area (Å²) in [5.41, 5.74) is 1.57. The van der Waals surface area contributed by atoms with Crippen LogP contribution in [0.1, 0.15) is 24.8 Å². The summed E-state index contributed by atoms with van der Waals surface area (Å²) in [5.74, 6) is -0.961. The van der Waals surface area contributed by atoms with Crippen LogP contribution in [0.4, 0.5) is 4.79 Å². The summed E-state index contributed by atoms with van der Waals surface area (Å²) in [6.45, 7) is 0. The van der Waals surface area contributed by atoms with Crippen LogP contribution in [-0.2, 0) is 4.79 Å². The predicted octanol–water partition coefficient (Wildman–Crippen LogP) is 2.15. The molecule has 3 N–H and O–H groups in total. The minimum atomic E-state index is -1.07. The van der Waals surface area contributed by atoms with E-state index >= 15 is 0 Å². The van der Waals surface area contributed by atoms with E-state index in [1.165, 1.54) is 17.0 Å². The van der Waals surface area contributed by atoms with Gasteiger partial charge in [-0.2, -0.15) is 0 Å². The molecular weight excluding hydrogens is 274 g/mol. The topological polar surface area (TPSA) is 98.1 Å². The first-order valence-electron chi connectivity index (χ1n) is 6.76. The Balaban J connectivity index is 2.11. The van der Waals surface area contributed by atoms with Crippen LogP contribution in [0.15, 0.2) is 29.8 Å². The normalized spacial score (nSPS) is 24.3. The highest BCUT2D eigenvalue weighted by molar-refractivity contribution is 5.99. The first kappa shape index (κ1) is 13.5. The molecule has 6 heteroatoms. The number of carboxylic acid groups (broad SMARTS) is 2. The van der Waals surface area contributed by atoms with Crippen LogP contribution < -0.4 is 0 Å². The highest BCUT2D eigenvalue weighted by Crippen LogP contribution is 2.43. The molecule has 0 aliphatic carbocycles. The molecule has 2 aliphatic heterocycles. The molecule has 2 heterocycles. The molecule has 21 heavy (non-hydrogen) atoms. The van der Waals surface area contributed by atoms with Crippen molar-refractivity contribution in [3.8, 4) is 5.75 Å². The Morgan fingerprint density at radius 1 is 1.10 bits per heavy atom. The van der Waals surface area contributed by atoms with Gasteiger partial charge < -0.3 is 15.3 Å². The number of phenolic OH excluding ortho intramolecular Hbond substituents is 1. The first-order chi connectivity index (χ1) is 9.99. The monoisotopic (exact) mass is 289 g/mol. The number of carbonyl (C=O) groups is 2. The quantitative estimate of drug-likeness (QED) is 0.775. The molecule has 0 radical (unpaired) electrons. The summed E-state index contributed by atoms with van der Waals surface area (Å²) in [7, 11) is 0. The maximum Gasteiger partial charge on any atom is 0.408 e. The molecule has 1 saturated heterocycles. The largest absolute Gasteiger partial charge is 0.508 e. The van der Waals surface area contributed by atoms with Gasteiger partial charge in [-0.25, -0.2) is 9.59 Å². The number of aliphatic carboxylic acids is 1. The molecule has 1 amide bonds. The third kappa shape index (κ3) is 2.12. The van der Waals surface area contributed by atoms with E-state index in [1.807, 2.05) is 0 Å². The van der Waals surface area contributed by atoms with Crippen molar-refractivity contribution in [2.24, 2.45) is 0 Å².